The molecule has 0 aliphatic rings. The van der Waals surface area contributed by atoms with Gasteiger partial charge in [0.25, 0.3) is 5.91 Å². The van der Waals surface area contributed by atoms with Crippen LogP contribution < -0.4 is 5.32 Å². The Labute approximate surface area is 175 Å². The molecule has 5 heteroatoms. The summed E-state index contributed by atoms with van der Waals surface area (Å²) in [5.41, 5.74) is 4.51. The first kappa shape index (κ1) is 20.6. The largest absolute Gasteiger partial charge is 0.332 e. The molecule has 148 valence electrons. The minimum Gasteiger partial charge on any atom is -0.332 e. The number of carbonyl (C=O) groups is 2. The maximum absolute atomic E-state index is 13.1. The Balaban J connectivity index is 1.76. The van der Waals surface area contributed by atoms with Crippen LogP contribution in [-0.2, 0) is 9.59 Å². The Kier molecular flexibility index (Phi) is 6.62. The number of thiophene rings is 1. The smallest absolute Gasteiger partial charge is 0.255 e. The van der Waals surface area contributed by atoms with E-state index in [2.05, 4.69) is 5.32 Å². The van der Waals surface area contributed by atoms with Crippen molar-refractivity contribution in [1.29, 1.82) is 0 Å². The molecule has 4 nitrogen and oxygen atoms in total. The third kappa shape index (κ3) is 5.65. The van der Waals surface area contributed by atoms with Crippen LogP contribution in [0.1, 0.15) is 21.6 Å². The van der Waals surface area contributed by atoms with Crippen molar-refractivity contribution in [1.82, 2.24) is 4.90 Å². The summed E-state index contributed by atoms with van der Waals surface area (Å²) in [7, 11) is 1.65. The van der Waals surface area contributed by atoms with E-state index in [1.165, 1.54) is 16.2 Å². The second-order valence-corrected chi connectivity index (χ2v) is 7.97. The number of aryl methyl sites for hydroxylation is 2. The lowest BCUT2D eigenvalue weighted by atomic mass is 10.1. The van der Waals surface area contributed by atoms with Crippen molar-refractivity contribution < 1.29 is 9.59 Å². The fourth-order valence-corrected chi connectivity index (χ4v) is 3.66. The van der Waals surface area contributed by atoms with Crippen LogP contribution in [-0.4, -0.2) is 30.3 Å². The quantitative estimate of drug-likeness (QED) is 0.588. The van der Waals surface area contributed by atoms with E-state index in [9.17, 15) is 9.59 Å². The average Bonchev–Trinajstić information content (AvgIpc) is 3.22. The molecule has 0 atom stereocenters. The van der Waals surface area contributed by atoms with Crippen LogP contribution in [0.5, 0.6) is 0 Å². The molecule has 3 rings (SSSR count). The lowest BCUT2D eigenvalue weighted by Crippen LogP contribution is -2.35. The van der Waals surface area contributed by atoms with Crippen molar-refractivity contribution in [2.24, 2.45) is 0 Å². The number of nitrogens with one attached hydrogen (secondary N) is 1. The van der Waals surface area contributed by atoms with Gasteiger partial charge in [-0.05, 0) is 49.1 Å². The van der Waals surface area contributed by atoms with E-state index in [1.807, 2.05) is 86.0 Å². The number of hydrogen-bond acceptors (Lipinski definition) is 3. The molecule has 0 saturated heterocycles. The Morgan fingerprint density at radius 1 is 1.00 bits per heavy atom. The number of benzene rings is 2. The maximum atomic E-state index is 13.1. The Bertz CT molecular complexity index is 1020. The van der Waals surface area contributed by atoms with E-state index in [1.54, 1.807) is 7.05 Å². The van der Waals surface area contributed by atoms with E-state index in [-0.39, 0.29) is 18.4 Å². The second kappa shape index (κ2) is 9.34. The highest BCUT2D eigenvalue weighted by molar-refractivity contribution is 7.11. The molecule has 0 saturated carbocycles. The molecular weight excluding hydrogens is 380 g/mol. The van der Waals surface area contributed by atoms with E-state index in [4.69, 9.17) is 0 Å². The van der Waals surface area contributed by atoms with Crippen molar-refractivity contribution in [3.8, 4) is 0 Å². The van der Waals surface area contributed by atoms with Crippen LogP contribution in [0.4, 0.5) is 5.69 Å². The summed E-state index contributed by atoms with van der Waals surface area (Å²) in [5.74, 6) is -0.418. The third-order valence-corrected chi connectivity index (χ3v) is 5.34. The molecule has 1 N–H and O–H groups in total. The molecule has 1 aromatic heterocycles. The molecule has 0 aliphatic carbocycles. The molecule has 3 aromatic rings. The van der Waals surface area contributed by atoms with Crippen molar-refractivity contribution in [2.45, 2.75) is 13.8 Å². The summed E-state index contributed by atoms with van der Waals surface area (Å²) in [6.45, 7) is 3.99. The first-order valence-corrected chi connectivity index (χ1v) is 10.2. The van der Waals surface area contributed by atoms with Gasteiger partial charge in [-0.15, -0.1) is 11.3 Å². The topological polar surface area (TPSA) is 49.4 Å². The molecule has 0 spiro atoms. The van der Waals surface area contributed by atoms with Crippen LogP contribution in [0.2, 0.25) is 0 Å². The first-order chi connectivity index (χ1) is 13.9. The molecule has 0 unspecified atom stereocenters. The van der Waals surface area contributed by atoms with E-state index < -0.39 is 0 Å². The Hall–Kier alpha value is -3.18. The maximum Gasteiger partial charge on any atom is 0.255 e. The highest BCUT2D eigenvalue weighted by Crippen LogP contribution is 2.25. The standard InChI is InChI=1S/C24H24N2O2S/c1-17-9-11-20(12-10-17)25-23(27)16-26(3)24(28)21(22-8-5-13-29-22)15-19-7-4-6-18(2)14-19/h4-15H,16H2,1-3H3,(H,25,27)/b21-15+. The van der Waals surface area contributed by atoms with Gasteiger partial charge in [0.05, 0.1) is 12.1 Å². The van der Waals surface area contributed by atoms with Gasteiger partial charge in [0.2, 0.25) is 5.91 Å². The molecule has 0 radical (unpaired) electrons. The summed E-state index contributed by atoms with van der Waals surface area (Å²) in [6.07, 6.45) is 1.88. The number of carbonyl (C=O) groups excluding carboxylic acids is 2. The van der Waals surface area contributed by atoms with Crippen molar-refractivity contribution in [3.63, 3.8) is 0 Å². The molecule has 2 amide bonds. The van der Waals surface area contributed by atoms with Crippen LogP contribution in [0, 0.1) is 13.8 Å². The lowest BCUT2D eigenvalue weighted by molar-refractivity contribution is -0.128. The van der Waals surface area contributed by atoms with Gasteiger partial charge < -0.3 is 10.2 Å². The number of nitrogens with zero attached hydrogens (tertiary/aromatic N) is 1. The summed E-state index contributed by atoms with van der Waals surface area (Å²) in [4.78, 5) is 27.9. The molecule has 0 fully saturated rings. The average molecular weight is 405 g/mol. The van der Waals surface area contributed by atoms with Gasteiger partial charge in [-0.1, -0.05) is 53.6 Å². The molecule has 2 aromatic carbocycles. The Morgan fingerprint density at radius 3 is 2.41 bits per heavy atom. The Morgan fingerprint density at radius 2 is 1.76 bits per heavy atom. The number of amides is 2. The summed E-state index contributed by atoms with van der Waals surface area (Å²) in [6, 6.07) is 19.4. The normalized spacial score (nSPS) is 11.2. The van der Waals surface area contributed by atoms with Crippen molar-refractivity contribution in [2.75, 3.05) is 18.9 Å². The highest BCUT2D eigenvalue weighted by Gasteiger charge is 2.20. The van der Waals surface area contributed by atoms with Gasteiger partial charge in [-0.25, -0.2) is 0 Å². The predicted molar refractivity (Wildman–Crippen MR) is 121 cm³/mol. The van der Waals surface area contributed by atoms with Crippen LogP contribution >= 0.6 is 11.3 Å². The van der Waals surface area contributed by atoms with Gasteiger partial charge in [0.1, 0.15) is 0 Å². The van der Waals surface area contributed by atoms with Crippen LogP contribution in [0.25, 0.3) is 11.6 Å². The van der Waals surface area contributed by atoms with Gasteiger partial charge in [0.15, 0.2) is 0 Å². The SMILES string of the molecule is Cc1ccc(NC(=O)CN(C)C(=O)/C(=C/c2cccc(C)c2)c2cccs2)cc1. The number of anilines is 1. The van der Waals surface area contributed by atoms with Crippen LogP contribution in [0.15, 0.2) is 66.0 Å². The summed E-state index contributed by atoms with van der Waals surface area (Å²) >= 11 is 1.51. The molecule has 29 heavy (non-hydrogen) atoms. The lowest BCUT2D eigenvalue weighted by Gasteiger charge is -2.18. The van der Waals surface area contributed by atoms with Gasteiger partial charge >= 0.3 is 0 Å². The van der Waals surface area contributed by atoms with Crippen molar-refractivity contribution >= 4 is 40.5 Å². The predicted octanol–water partition coefficient (Wildman–Crippen LogP) is 5.00. The summed E-state index contributed by atoms with van der Waals surface area (Å²) in [5, 5.41) is 4.78. The molecule has 1 heterocycles. The van der Waals surface area contributed by atoms with E-state index in [0.717, 1.165) is 27.3 Å². The van der Waals surface area contributed by atoms with E-state index in [0.29, 0.717) is 5.57 Å². The number of hydrogen-bond donors (Lipinski definition) is 1. The van der Waals surface area contributed by atoms with Crippen LogP contribution in [0.3, 0.4) is 0 Å². The monoisotopic (exact) mass is 404 g/mol. The highest BCUT2D eigenvalue weighted by atomic mass is 32.1. The fourth-order valence-electron chi connectivity index (χ4n) is 2.93. The first-order valence-electron chi connectivity index (χ1n) is 9.36. The minimum atomic E-state index is -0.231. The summed E-state index contributed by atoms with van der Waals surface area (Å²) < 4.78 is 0. The zero-order valence-corrected chi connectivity index (χ0v) is 17.6. The number of rotatable bonds is 6. The molecular formula is C24H24N2O2S. The van der Waals surface area contributed by atoms with Gasteiger partial charge in [0, 0.05) is 17.6 Å². The van der Waals surface area contributed by atoms with Gasteiger partial charge in [-0.2, -0.15) is 0 Å². The fraction of sp³-hybridized carbons (Fsp3) is 0.167. The zero-order valence-electron chi connectivity index (χ0n) is 16.8. The van der Waals surface area contributed by atoms with Gasteiger partial charge in [-0.3, -0.25) is 9.59 Å². The van der Waals surface area contributed by atoms with Crippen molar-refractivity contribution in [3.05, 3.63) is 87.6 Å². The van der Waals surface area contributed by atoms with E-state index >= 15 is 0 Å². The second-order valence-electron chi connectivity index (χ2n) is 7.02. The molecule has 0 aliphatic heterocycles. The minimum absolute atomic E-state index is 0.0246. The zero-order chi connectivity index (χ0) is 20.8. The molecule has 0 bridgehead atoms. The third-order valence-electron chi connectivity index (χ3n) is 4.43. The number of likely N-dealkylation sites (N-methyl/N-ethyl adjacent to an activating group) is 1.